The van der Waals surface area contributed by atoms with E-state index in [1.54, 1.807) is 0 Å². The van der Waals surface area contributed by atoms with Crippen LogP contribution in [0.15, 0.2) is 121 Å². The number of hydrogen-bond donors (Lipinski definition) is 1. The van der Waals surface area contributed by atoms with Crippen LogP contribution in [0.25, 0.3) is 0 Å². The van der Waals surface area contributed by atoms with Gasteiger partial charge in [0.15, 0.2) is 0 Å². The van der Waals surface area contributed by atoms with Crippen molar-refractivity contribution in [2.45, 2.75) is 31.8 Å². The summed E-state index contributed by atoms with van der Waals surface area (Å²) in [4.78, 5) is 11.5. The summed E-state index contributed by atoms with van der Waals surface area (Å²) in [6.45, 7) is 1.46. The fourth-order valence-electron chi connectivity index (χ4n) is 4.80. The zero-order valence-electron chi connectivity index (χ0n) is 21.4. The second kappa shape index (κ2) is 12.8. The Morgan fingerprint density at radius 2 is 1.21 bits per heavy atom. The number of carbonyl (C=O) groups excluding carboxylic acids is 1. The van der Waals surface area contributed by atoms with Crippen LogP contribution in [0.1, 0.15) is 18.4 Å². The molecule has 0 saturated carbocycles. The number of carbonyl (C=O) groups is 1. The molecule has 0 spiro atoms. The third kappa shape index (κ3) is 6.29. The summed E-state index contributed by atoms with van der Waals surface area (Å²) >= 11 is 0. The molecule has 1 aliphatic rings. The predicted molar refractivity (Wildman–Crippen MR) is 152 cm³/mol. The predicted octanol–water partition coefficient (Wildman–Crippen LogP) is 3.51. The Balaban J connectivity index is 1.39. The first-order valence-corrected chi connectivity index (χ1v) is 15.0. The van der Waals surface area contributed by atoms with Crippen molar-refractivity contribution >= 4 is 29.8 Å². The highest BCUT2D eigenvalue weighted by Crippen LogP contribution is 2.16. The van der Waals surface area contributed by atoms with Crippen molar-refractivity contribution in [3.05, 3.63) is 127 Å². The third-order valence-electron chi connectivity index (χ3n) is 6.77. The number of amides is 1. The second-order valence-electron chi connectivity index (χ2n) is 9.44. The fraction of sp³-hybridized carbons (Fsp3) is 0.219. The molecular formula is C32H33NO4Si. The molecule has 1 heterocycles. The summed E-state index contributed by atoms with van der Waals surface area (Å²) in [7, 11) is -2.85. The van der Waals surface area contributed by atoms with Crippen LogP contribution in [-0.4, -0.2) is 39.8 Å². The van der Waals surface area contributed by atoms with Gasteiger partial charge in [0.2, 0.25) is 5.91 Å². The van der Waals surface area contributed by atoms with Crippen molar-refractivity contribution in [2.75, 3.05) is 13.2 Å². The van der Waals surface area contributed by atoms with Crippen LogP contribution in [0.5, 0.6) is 0 Å². The molecule has 1 amide bonds. The molecule has 1 fully saturated rings. The summed E-state index contributed by atoms with van der Waals surface area (Å²) in [5.41, 5.74) is 1.14. The largest absolute Gasteiger partial charge is 0.402 e. The van der Waals surface area contributed by atoms with Crippen molar-refractivity contribution < 1.29 is 18.7 Å². The molecule has 5 nitrogen and oxygen atoms in total. The molecule has 4 aromatic carbocycles. The van der Waals surface area contributed by atoms with E-state index in [-0.39, 0.29) is 18.2 Å². The molecule has 0 radical (unpaired) electrons. The third-order valence-corrected chi connectivity index (χ3v) is 10.8. The summed E-state index contributed by atoms with van der Waals surface area (Å²) < 4.78 is 19.4. The molecule has 38 heavy (non-hydrogen) atoms. The maximum atomic E-state index is 11.5. The van der Waals surface area contributed by atoms with E-state index in [0.717, 1.165) is 5.56 Å². The Morgan fingerprint density at radius 3 is 1.68 bits per heavy atom. The SMILES string of the molecule is O=C1C[C@H](O[C@@H](CCOCc2ccccc2)CO[Si](c2ccccc2)(c2ccccc2)c2ccccc2)N1. The topological polar surface area (TPSA) is 56.8 Å². The first kappa shape index (κ1) is 26.1. The lowest BCUT2D eigenvalue weighted by molar-refractivity contribution is -0.149. The van der Waals surface area contributed by atoms with Crippen LogP contribution < -0.4 is 20.9 Å². The van der Waals surface area contributed by atoms with E-state index in [4.69, 9.17) is 13.9 Å². The zero-order chi connectivity index (χ0) is 26.0. The van der Waals surface area contributed by atoms with Gasteiger partial charge in [-0.2, -0.15) is 0 Å². The second-order valence-corrected chi connectivity index (χ2v) is 12.8. The van der Waals surface area contributed by atoms with Crippen LogP contribution in [0, 0.1) is 0 Å². The summed E-state index contributed by atoms with van der Waals surface area (Å²) in [5.74, 6) is 0.0107. The van der Waals surface area contributed by atoms with Crippen molar-refractivity contribution in [2.24, 2.45) is 0 Å². The minimum absolute atomic E-state index is 0.0107. The van der Waals surface area contributed by atoms with Crippen molar-refractivity contribution in [1.82, 2.24) is 5.32 Å². The Labute approximate surface area is 225 Å². The Morgan fingerprint density at radius 1 is 0.737 bits per heavy atom. The van der Waals surface area contributed by atoms with Crippen LogP contribution in [0.3, 0.4) is 0 Å². The normalized spacial score (nSPS) is 15.9. The fourth-order valence-corrected chi connectivity index (χ4v) is 8.72. The van der Waals surface area contributed by atoms with Crippen molar-refractivity contribution in [3.63, 3.8) is 0 Å². The molecule has 2 atom stereocenters. The van der Waals surface area contributed by atoms with Gasteiger partial charge in [-0.1, -0.05) is 121 Å². The van der Waals surface area contributed by atoms with Gasteiger partial charge in [-0.15, -0.1) is 0 Å². The lowest BCUT2D eigenvalue weighted by Crippen LogP contribution is -2.70. The average Bonchev–Trinajstić information content (AvgIpc) is 2.97. The summed E-state index contributed by atoms with van der Waals surface area (Å²) in [6.07, 6.45) is 0.507. The molecule has 6 heteroatoms. The van der Waals surface area contributed by atoms with E-state index >= 15 is 0 Å². The van der Waals surface area contributed by atoms with Crippen molar-refractivity contribution in [1.29, 1.82) is 0 Å². The van der Waals surface area contributed by atoms with E-state index in [2.05, 4.69) is 90.2 Å². The van der Waals surface area contributed by atoms with Crippen LogP contribution in [-0.2, 0) is 25.3 Å². The van der Waals surface area contributed by atoms with Crippen LogP contribution >= 0.6 is 0 Å². The lowest BCUT2D eigenvalue weighted by atomic mass is 10.2. The van der Waals surface area contributed by atoms with Gasteiger partial charge in [0.25, 0.3) is 8.32 Å². The molecular weight excluding hydrogens is 490 g/mol. The lowest BCUT2D eigenvalue weighted by Gasteiger charge is -2.36. The van der Waals surface area contributed by atoms with Gasteiger partial charge in [0.1, 0.15) is 6.23 Å². The zero-order valence-corrected chi connectivity index (χ0v) is 22.4. The van der Waals surface area contributed by atoms with E-state index < -0.39 is 8.32 Å². The minimum Gasteiger partial charge on any atom is -0.402 e. The Kier molecular flexibility index (Phi) is 8.78. The van der Waals surface area contributed by atoms with E-state index in [0.29, 0.717) is 32.7 Å². The number of hydrogen-bond acceptors (Lipinski definition) is 4. The van der Waals surface area contributed by atoms with Crippen LogP contribution in [0.2, 0.25) is 0 Å². The molecule has 194 valence electrons. The van der Waals surface area contributed by atoms with Gasteiger partial charge < -0.3 is 19.2 Å². The molecule has 0 unspecified atom stereocenters. The molecule has 0 aromatic heterocycles. The van der Waals surface area contributed by atoms with Gasteiger partial charge in [-0.25, -0.2) is 0 Å². The standard InChI is InChI=1S/C32H33NO4Si/c34-31-23-32(33-31)37-27(21-22-35-24-26-13-5-1-6-14-26)25-36-38(28-15-7-2-8-16-28,29-17-9-3-10-18-29)30-19-11-4-12-20-30/h1-20,27,32H,21-25H2,(H,33,34)/t27-,32-/m0/s1. The first-order valence-electron chi connectivity index (χ1n) is 13.1. The van der Waals surface area contributed by atoms with Crippen molar-refractivity contribution in [3.8, 4) is 0 Å². The highest BCUT2D eigenvalue weighted by Gasteiger charge is 2.42. The Bertz CT molecular complexity index is 1170. The van der Waals surface area contributed by atoms with E-state index in [9.17, 15) is 4.79 Å². The monoisotopic (exact) mass is 523 g/mol. The molecule has 5 rings (SSSR count). The number of benzene rings is 4. The number of β-lactam (4-membered cyclic amide) rings is 1. The number of rotatable bonds is 13. The molecule has 1 aliphatic heterocycles. The maximum Gasteiger partial charge on any atom is 0.288 e. The average molecular weight is 524 g/mol. The van der Waals surface area contributed by atoms with Gasteiger partial charge in [0.05, 0.1) is 25.7 Å². The Hall–Kier alpha value is -3.55. The van der Waals surface area contributed by atoms with Gasteiger partial charge in [0, 0.05) is 6.61 Å². The quantitative estimate of drug-likeness (QED) is 0.126. The molecule has 0 bridgehead atoms. The highest BCUT2D eigenvalue weighted by molar-refractivity contribution is 7.07. The number of nitrogens with one attached hydrogen (secondary N) is 1. The molecule has 1 saturated heterocycles. The summed E-state index contributed by atoms with van der Waals surface area (Å²) in [5, 5.41) is 6.36. The first-order chi connectivity index (χ1) is 18.7. The molecule has 0 aliphatic carbocycles. The summed E-state index contributed by atoms with van der Waals surface area (Å²) in [6, 6.07) is 41.7. The maximum absolute atomic E-state index is 11.5. The van der Waals surface area contributed by atoms with Gasteiger partial charge in [-0.05, 0) is 27.5 Å². The smallest absolute Gasteiger partial charge is 0.288 e. The van der Waals surface area contributed by atoms with Gasteiger partial charge in [-0.3, -0.25) is 4.79 Å². The highest BCUT2D eigenvalue weighted by atomic mass is 28.4. The van der Waals surface area contributed by atoms with E-state index in [1.807, 2.05) is 36.4 Å². The molecule has 4 aromatic rings. The minimum atomic E-state index is -2.85. The number of ether oxygens (including phenoxy) is 2. The van der Waals surface area contributed by atoms with Gasteiger partial charge >= 0.3 is 0 Å². The van der Waals surface area contributed by atoms with E-state index in [1.165, 1.54) is 15.6 Å². The van der Waals surface area contributed by atoms with Crippen LogP contribution in [0.4, 0.5) is 0 Å². The molecule has 1 N–H and O–H groups in total.